The van der Waals surface area contributed by atoms with Gasteiger partial charge in [0.05, 0.1) is 0 Å². The van der Waals surface area contributed by atoms with Gasteiger partial charge in [0.15, 0.2) is 6.10 Å². The van der Waals surface area contributed by atoms with Crippen LogP contribution in [-0.4, -0.2) is 37.2 Å². The van der Waals surface area contributed by atoms with E-state index in [2.05, 4.69) is 69.4 Å². The van der Waals surface area contributed by atoms with Crippen LogP contribution in [0.5, 0.6) is 0 Å². The van der Waals surface area contributed by atoms with Crippen molar-refractivity contribution in [1.82, 2.24) is 0 Å². The number of carbonyl (C=O) groups excluding carboxylic acids is 3. The van der Waals surface area contributed by atoms with E-state index in [4.69, 9.17) is 14.2 Å². The van der Waals surface area contributed by atoms with Crippen LogP contribution in [0.2, 0.25) is 0 Å². The lowest BCUT2D eigenvalue weighted by Gasteiger charge is -2.18. The molecule has 0 rings (SSSR count). The van der Waals surface area contributed by atoms with Crippen molar-refractivity contribution in [2.45, 2.75) is 374 Å². The van der Waals surface area contributed by atoms with Crippen LogP contribution in [-0.2, 0) is 28.6 Å². The minimum Gasteiger partial charge on any atom is -0.462 e. The van der Waals surface area contributed by atoms with Crippen molar-refractivity contribution in [2.75, 3.05) is 13.2 Å². The molecule has 0 amide bonds. The SMILES string of the molecule is CCCCC/C=C\C/C=C\C/C=C\CCCCCCCCC(=O)OC(COC(=O)CCCCCCCCC)COC(=O)CCCCCCCCCCCCCCCCCCCCCCC/C=C\CCCCCCCCCC. The van der Waals surface area contributed by atoms with Gasteiger partial charge in [-0.2, -0.15) is 0 Å². The van der Waals surface area contributed by atoms with Crippen LogP contribution in [0.1, 0.15) is 367 Å². The Hall–Kier alpha value is -2.63. The van der Waals surface area contributed by atoms with Gasteiger partial charge in [-0.3, -0.25) is 14.4 Å². The zero-order valence-corrected chi connectivity index (χ0v) is 51.7. The van der Waals surface area contributed by atoms with E-state index in [1.807, 2.05) is 0 Å². The molecular weight excluding hydrogens is 949 g/mol. The average molecular weight is 1080 g/mol. The van der Waals surface area contributed by atoms with E-state index in [0.717, 1.165) is 77.0 Å². The summed E-state index contributed by atoms with van der Waals surface area (Å²) in [5.41, 5.74) is 0. The van der Waals surface area contributed by atoms with Crippen molar-refractivity contribution in [3.05, 3.63) is 48.6 Å². The van der Waals surface area contributed by atoms with Crippen LogP contribution in [0.3, 0.4) is 0 Å². The second-order valence-corrected chi connectivity index (χ2v) is 23.1. The van der Waals surface area contributed by atoms with E-state index in [0.29, 0.717) is 19.3 Å². The van der Waals surface area contributed by atoms with Crippen molar-refractivity contribution in [3.63, 3.8) is 0 Å². The molecule has 0 fully saturated rings. The average Bonchev–Trinajstić information content (AvgIpc) is 3.43. The zero-order valence-electron chi connectivity index (χ0n) is 51.7. The van der Waals surface area contributed by atoms with Crippen molar-refractivity contribution in [3.8, 4) is 0 Å². The van der Waals surface area contributed by atoms with Crippen LogP contribution < -0.4 is 0 Å². The predicted molar refractivity (Wildman–Crippen MR) is 335 cm³/mol. The van der Waals surface area contributed by atoms with E-state index in [9.17, 15) is 14.4 Å². The predicted octanol–water partition coefficient (Wildman–Crippen LogP) is 23.3. The highest BCUT2D eigenvalue weighted by atomic mass is 16.6. The summed E-state index contributed by atoms with van der Waals surface area (Å²) in [5.74, 6) is -0.875. The Morgan fingerprint density at radius 2 is 0.468 bits per heavy atom. The van der Waals surface area contributed by atoms with Gasteiger partial charge in [0.25, 0.3) is 0 Å². The van der Waals surface area contributed by atoms with Gasteiger partial charge in [-0.25, -0.2) is 0 Å². The Bertz CT molecular complexity index is 1330. The second-order valence-electron chi connectivity index (χ2n) is 23.1. The van der Waals surface area contributed by atoms with Crippen molar-refractivity contribution in [1.29, 1.82) is 0 Å². The van der Waals surface area contributed by atoms with Gasteiger partial charge in [0.1, 0.15) is 13.2 Å². The van der Waals surface area contributed by atoms with Gasteiger partial charge in [0, 0.05) is 19.3 Å². The standard InChI is InChI=1S/C71H130O6/c1-4-7-10-13-16-18-20-22-24-26-28-29-30-31-32-33-34-35-36-37-38-39-40-41-43-44-46-48-50-52-55-58-61-64-70(73)76-67-68(66-75-69(72)63-60-57-54-15-12-9-6-3)77-71(74)65-62-59-56-53-51-49-47-45-42-27-25-23-21-19-17-14-11-8-5-2/h17,19,23,25-26,28,42,45,68H,4-16,18,20-22,24,27,29-41,43-44,46-67H2,1-3H3/b19-17-,25-23-,28-26-,45-42-. The molecule has 0 saturated carbocycles. The lowest BCUT2D eigenvalue weighted by atomic mass is 10.0. The van der Waals surface area contributed by atoms with Crippen LogP contribution in [0, 0.1) is 0 Å². The Balaban J connectivity index is 3.99. The number of esters is 3. The summed E-state index contributed by atoms with van der Waals surface area (Å²) >= 11 is 0. The molecular formula is C71H130O6. The second kappa shape index (κ2) is 65.9. The molecule has 0 aliphatic heterocycles. The first-order valence-electron chi connectivity index (χ1n) is 34.1. The van der Waals surface area contributed by atoms with Gasteiger partial charge in [-0.05, 0) is 83.5 Å². The van der Waals surface area contributed by atoms with Gasteiger partial charge in [-0.15, -0.1) is 0 Å². The van der Waals surface area contributed by atoms with Crippen LogP contribution in [0.25, 0.3) is 0 Å². The van der Waals surface area contributed by atoms with E-state index < -0.39 is 6.10 Å². The third kappa shape index (κ3) is 64.1. The van der Waals surface area contributed by atoms with Gasteiger partial charge < -0.3 is 14.2 Å². The summed E-state index contributed by atoms with van der Waals surface area (Å²) in [6, 6.07) is 0. The molecule has 0 radical (unpaired) electrons. The number of allylic oxidation sites excluding steroid dienone is 8. The van der Waals surface area contributed by atoms with Crippen LogP contribution in [0.15, 0.2) is 48.6 Å². The van der Waals surface area contributed by atoms with Crippen molar-refractivity contribution < 1.29 is 28.6 Å². The van der Waals surface area contributed by atoms with E-state index in [-0.39, 0.29) is 31.1 Å². The summed E-state index contributed by atoms with van der Waals surface area (Å²) in [6.45, 7) is 6.61. The third-order valence-corrected chi connectivity index (χ3v) is 15.3. The van der Waals surface area contributed by atoms with E-state index in [1.54, 1.807) is 0 Å². The smallest absolute Gasteiger partial charge is 0.306 e. The largest absolute Gasteiger partial charge is 0.462 e. The molecule has 0 saturated heterocycles. The quantitative estimate of drug-likeness (QED) is 0.0261. The maximum absolute atomic E-state index is 12.8. The summed E-state index contributed by atoms with van der Waals surface area (Å²) in [4.78, 5) is 38.1. The highest BCUT2D eigenvalue weighted by Gasteiger charge is 2.19. The monoisotopic (exact) mass is 1080 g/mol. The fourth-order valence-electron chi connectivity index (χ4n) is 10.2. The number of carbonyl (C=O) groups is 3. The molecule has 6 heteroatoms. The minimum absolute atomic E-state index is 0.0745. The molecule has 450 valence electrons. The Morgan fingerprint density at radius 1 is 0.260 bits per heavy atom. The first-order chi connectivity index (χ1) is 38.0. The van der Waals surface area contributed by atoms with Crippen LogP contribution >= 0.6 is 0 Å². The maximum Gasteiger partial charge on any atom is 0.306 e. The highest BCUT2D eigenvalue weighted by Crippen LogP contribution is 2.18. The Morgan fingerprint density at radius 3 is 0.766 bits per heavy atom. The molecule has 1 atom stereocenters. The maximum atomic E-state index is 12.8. The first-order valence-corrected chi connectivity index (χ1v) is 34.1. The molecule has 0 spiro atoms. The van der Waals surface area contributed by atoms with E-state index >= 15 is 0 Å². The fourth-order valence-corrected chi connectivity index (χ4v) is 10.2. The summed E-state index contributed by atoms with van der Waals surface area (Å²) in [6.07, 6.45) is 83.2. The summed E-state index contributed by atoms with van der Waals surface area (Å²) in [5, 5.41) is 0. The molecule has 0 aliphatic rings. The topological polar surface area (TPSA) is 78.9 Å². The lowest BCUT2D eigenvalue weighted by Crippen LogP contribution is -2.30. The number of ether oxygens (including phenoxy) is 3. The molecule has 0 N–H and O–H groups in total. The van der Waals surface area contributed by atoms with Gasteiger partial charge >= 0.3 is 17.9 Å². The number of unbranched alkanes of at least 4 members (excludes halogenated alkanes) is 44. The summed E-state index contributed by atoms with van der Waals surface area (Å²) in [7, 11) is 0. The van der Waals surface area contributed by atoms with Crippen molar-refractivity contribution >= 4 is 17.9 Å². The van der Waals surface area contributed by atoms with Crippen molar-refractivity contribution in [2.24, 2.45) is 0 Å². The fraction of sp³-hybridized carbons (Fsp3) is 0.845. The molecule has 1 unspecified atom stereocenters. The van der Waals surface area contributed by atoms with Gasteiger partial charge in [-0.1, -0.05) is 313 Å². The van der Waals surface area contributed by atoms with E-state index in [1.165, 1.54) is 250 Å². The lowest BCUT2D eigenvalue weighted by molar-refractivity contribution is -0.167. The Kier molecular flexibility index (Phi) is 63.6. The molecule has 77 heavy (non-hydrogen) atoms. The number of rotatable bonds is 63. The minimum atomic E-state index is -0.776. The molecule has 6 nitrogen and oxygen atoms in total. The third-order valence-electron chi connectivity index (χ3n) is 15.3. The van der Waals surface area contributed by atoms with Gasteiger partial charge in [0.2, 0.25) is 0 Å². The Labute approximate surface area is 479 Å². The number of hydrogen-bond donors (Lipinski definition) is 0. The zero-order chi connectivity index (χ0) is 55.7. The molecule has 0 heterocycles. The molecule has 0 bridgehead atoms. The normalized spacial score (nSPS) is 12.3. The molecule has 0 aromatic carbocycles. The molecule has 0 aromatic heterocycles. The van der Waals surface area contributed by atoms with Crippen LogP contribution in [0.4, 0.5) is 0 Å². The number of hydrogen-bond acceptors (Lipinski definition) is 6. The summed E-state index contributed by atoms with van der Waals surface area (Å²) < 4.78 is 16.8. The molecule has 0 aromatic rings. The highest BCUT2D eigenvalue weighted by molar-refractivity contribution is 5.71. The molecule has 0 aliphatic carbocycles. The first kappa shape index (κ1) is 74.4.